The van der Waals surface area contributed by atoms with E-state index in [-0.39, 0.29) is 11.9 Å². The van der Waals surface area contributed by atoms with E-state index in [1.54, 1.807) is 13.2 Å². The van der Waals surface area contributed by atoms with Gasteiger partial charge in [-0.2, -0.15) is 0 Å². The van der Waals surface area contributed by atoms with Gasteiger partial charge in [-0.15, -0.1) is 0 Å². The molecule has 0 saturated carbocycles. The van der Waals surface area contributed by atoms with Gasteiger partial charge in [0.2, 0.25) is 0 Å². The van der Waals surface area contributed by atoms with Crippen LogP contribution in [0.15, 0.2) is 18.2 Å². The zero-order valence-electron chi connectivity index (χ0n) is 11.3. The van der Waals surface area contributed by atoms with Crippen molar-refractivity contribution in [3.8, 4) is 5.75 Å². The second-order valence-corrected chi connectivity index (χ2v) is 4.07. The van der Waals surface area contributed by atoms with E-state index in [0.29, 0.717) is 5.75 Å². The van der Waals surface area contributed by atoms with E-state index < -0.39 is 0 Å². The third kappa shape index (κ3) is 4.27. The van der Waals surface area contributed by atoms with E-state index in [0.717, 1.165) is 31.6 Å². The molecular formula is C14H22FNO2. The van der Waals surface area contributed by atoms with Gasteiger partial charge in [0.25, 0.3) is 0 Å². The van der Waals surface area contributed by atoms with E-state index in [9.17, 15) is 4.39 Å². The lowest BCUT2D eigenvalue weighted by Crippen LogP contribution is -2.18. The number of halogens is 1. The zero-order valence-corrected chi connectivity index (χ0v) is 11.3. The minimum Gasteiger partial charge on any atom is -0.496 e. The van der Waals surface area contributed by atoms with Crippen LogP contribution in [0.4, 0.5) is 4.39 Å². The summed E-state index contributed by atoms with van der Waals surface area (Å²) >= 11 is 0. The van der Waals surface area contributed by atoms with Crippen LogP contribution >= 0.6 is 0 Å². The average molecular weight is 255 g/mol. The number of ether oxygens (including phenoxy) is 2. The molecule has 0 aliphatic carbocycles. The van der Waals surface area contributed by atoms with Crippen molar-refractivity contribution in [3.05, 3.63) is 29.6 Å². The molecule has 0 aliphatic rings. The van der Waals surface area contributed by atoms with Gasteiger partial charge in [-0.1, -0.05) is 0 Å². The molecule has 102 valence electrons. The summed E-state index contributed by atoms with van der Waals surface area (Å²) in [6, 6.07) is 4.68. The van der Waals surface area contributed by atoms with Crippen LogP contribution in [0.1, 0.15) is 31.4 Å². The molecule has 1 atom stereocenters. The minimum absolute atomic E-state index is 0.0797. The number of hydrogen-bond acceptors (Lipinski definition) is 3. The number of benzene rings is 1. The average Bonchev–Trinajstić information content (AvgIpc) is 2.39. The van der Waals surface area contributed by atoms with Crippen LogP contribution < -0.4 is 10.1 Å². The monoisotopic (exact) mass is 255 g/mol. The standard InChI is InChI=1S/C14H22FNO2/c1-4-18-9-5-6-13(16-2)12-10-11(15)7-8-14(12)17-3/h7-8,10,13,16H,4-6,9H2,1-3H3. The highest BCUT2D eigenvalue weighted by atomic mass is 19.1. The fourth-order valence-corrected chi connectivity index (χ4v) is 1.97. The highest BCUT2D eigenvalue weighted by Gasteiger charge is 2.15. The number of rotatable bonds is 8. The van der Waals surface area contributed by atoms with Crippen molar-refractivity contribution < 1.29 is 13.9 Å². The first-order chi connectivity index (χ1) is 8.72. The van der Waals surface area contributed by atoms with Crippen molar-refractivity contribution in [1.82, 2.24) is 5.32 Å². The Balaban J connectivity index is 2.71. The molecule has 0 heterocycles. The molecular weight excluding hydrogens is 233 g/mol. The van der Waals surface area contributed by atoms with Gasteiger partial charge in [-0.25, -0.2) is 4.39 Å². The Morgan fingerprint density at radius 3 is 2.78 bits per heavy atom. The number of methoxy groups -OCH3 is 1. The SMILES string of the molecule is CCOCCCC(NC)c1cc(F)ccc1OC. The van der Waals surface area contributed by atoms with E-state index in [1.165, 1.54) is 12.1 Å². The molecule has 1 N–H and O–H groups in total. The van der Waals surface area contributed by atoms with Crippen molar-refractivity contribution in [3.63, 3.8) is 0 Å². The third-order valence-electron chi connectivity index (χ3n) is 2.90. The molecule has 4 heteroatoms. The molecule has 0 amide bonds. The van der Waals surface area contributed by atoms with E-state index in [2.05, 4.69) is 5.32 Å². The second-order valence-electron chi connectivity index (χ2n) is 4.07. The Morgan fingerprint density at radius 2 is 2.17 bits per heavy atom. The summed E-state index contributed by atoms with van der Waals surface area (Å²) in [4.78, 5) is 0. The molecule has 0 aromatic heterocycles. The van der Waals surface area contributed by atoms with Crippen molar-refractivity contribution >= 4 is 0 Å². The number of hydrogen-bond donors (Lipinski definition) is 1. The summed E-state index contributed by atoms with van der Waals surface area (Å²) < 4.78 is 23.9. The fraction of sp³-hybridized carbons (Fsp3) is 0.571. The van der Waals surface area contributed by atoms with Crippen molar-refractivity contribution in [2.45, 2.75) is 25.8 Å². The predicted octanol–water partition coefficient (Wildman–Crippen LogP) is 2.91. The van der Waals surface area contributed by atoms with Crippen molar-refractivity contribution in [1.29, 1.82) is 0 Å². The molecule has 1 aromatic rings. The van der Waals surface area contributed by atoms with Crippen LogP contribution in [0, 0.1) is 5.82 Å². The second kappa shape index (κ2) is 8.06. The first-order valence-corrected chi connectivity index (χ1v) is 6.31. The molecule has 0 bridgehead atoms. The summed E-state index contributed by atoms with van der Waals surface area (Å²) in [5.41, 5.74) is 0.858. The van der Waals surface area contributed by atoms with Gasteiger partial charge in [0.05, 0.1) is 7.11 Å². The molecule has 1 rings (SSSR count). The molecule has 18 heavy (non-hydrogen) atoms. The Labute approximate surface area is 108 Å². The Bertz CT molecular complexity index is 358. The van der Waals surface area contributed by atoms with Crippen molar-refractivity contribution in [2.75, 3.05) is 27.4 Å². The normalized spacial score (nSPS) is 12.4. The first kappa shape index (κ1) is 14.9. The van der Waals surface area contributed by atoms with Crippen molar-refractivity contribution in [2.24, 2.45) is 0 Å². The maximum Gasteiger partial charge on any atom is 0.123 e. The van der Waals surface area contributed by atoms with Crippen LogP contribution in [0.5, 0.6) is 5.75 Å². The summed E-state index contributed by atoms with van der Waals surface area (Å²) in [5.74, 6) is 0.475. The van der Waals surface area contributed by atoms with Gasteiger partial charge in [-0.05, 0) is 45.0 Å². The summed E-state index contributed by atoms with van der Waals surface area (Å²) in [6.07, 6.45) is 1.81. The quantitative estimate of drug-likeness (QED) is 0.724. The Kier molecular flexibility index (Phi) is 6.68. The summed E-state index contributed by atoms with van der Waals surface area (Å²) in [7, 11) is 3.47. The lowest BCUT2D eigenvalue weighted by molar-refractivity contribution is 0.141. The van der Waals surface area contributed by atoms with Gasteiger partial charge < -0.3 is 14.8 Å². The van der Waals surface area contributed by atoms with Crippen LogP contribution in [0.25, 0.3) is 0 Å². The van der Waals surface area contributed by atoms with Gasteiger partial charge in [0.15, 0.2) is 0 Å². The smallest absolute Gasteiger partial charge is 0.123 e. The zero-order chi connectivity index (χ0) is 13.4. The van der Waals surface area contributed by atoms with Crippen LogP contribution in [-0.2, 0) is 4.74 Å². The molecule has 1 aromatic carbocycles. The molecule has 0 fully saturated rings. The molecule has 3 nitrogen and oxygen atoms in total. The fourth-order valence-electron chi connectivity index (χ4n) is 1.97. The largest absolute Gasteiger partial charge is 0.496 e. The van der Waals surface area contributed by atoms with E-state index in [4.69, 9.17) is 9.47 Å². The van der Waals surface area contributed by atoms with Crippen LogP contribution in [0.3, 0.4) is 0 Å². The number of nitrogens with one attached hydrogen (secondary N) is 1. The van der Waals surface area contributed by atoms with E-state index >= 15 is 0 Å². The first-order valence-electron chi connectivity index (χ1n) is 6.31. The van der Waals surface area contributed by atoms with Crippen LogP contribution in [-0.4, -0.2) is 27.4 Å². The van der Waals surface area contributed by atoms with E-state index in [1.807, 2.05) is 14.0 Å². The predicted molar refractivity (Wildman–Crippen MR) is 70.5 cm³/mol. The Morgan fingerprint density at radius 1 is 1.39 bits per heavy atom. The molecule has 0 saturated heterocycles. The molecule has 0 spiro atoms. The minimum atomic E-state index is -0.240. The molecule has 0 radical (unpaired) electrons. The topological polar surface area (TPSA) is 30.5 Å². The third-order valence-corrected chi connectivity index (χ3v) is 2.90. The lowest BCUT2D eigenvalue weighted by atomic mass is 10.0. The lowest BCUT2D eigenvalue weighted by Gasteiger charge is -2.19. The van der Waals surface area contributed by atoms with Gasteiger partial charge in [0.1, 0.15) is 11.6 Å². The summed E-state index contributed by atoms with van der Waals surface area (Å²) in [5, 5.41) is 3.19. The maximum atomic E-state index is 13.3. The summed E-state index contributed by atoms with van der Waals surface area (Å²) in [6.45, 7) is 3.44. The molecule has 1 unspecified atom stereocenters. The maximum absolute atomic E-state index is 13.3. The Hall–Kier alpha value is -1.13. The molecule has 0 aliphatic heterocycles. The highest BCUT2D eigenvalue weighted by molar-refractivity contribution is 5.36. The highest BCUT2D eigenvalue weighted by Crippen LogP contribution is 2.28. The van der Waals surface area contributed by atoms with Gasteiger partial charge >= 0.3 is 0 Å². The van der Waals surface area contributed by atoms with Crippen LogP contribution in [0.2, 0.25) is 0 Å². The van der Waals surface area contributed by atoms with Gasteiger partial charge in [0, 0.05) is 24.8 Å². The van der Waals surface area contributed by atoms with Gasteiger partial charge in [-0.3, -0.25) is 0 Å².